The van der Waals surface area contributed by atoms with Crippen LogP contribution < -0.4 is 0 Å². The predicted octanol–water partition coefficient (Wildman–Crippen LogP) is 2.15. The summed E-state index contributed by atoms with van der Waals surface area (Å²) in [6.45, 7) is 0.826. The van der Waals surface area contributed by atoms with Gasteiger partial charge in [0.1, 0.15) is 0 Å². The van der Waals surface area contributed by atoms with E-state index in [1.165, 1.54) is 5.56 Å². The maximum absolute atomic E-state index is 12.4. The Bertz CT molecular complexity index is 422. The number of carbonyl (C=O) groups excluding carboxylic acids is 1. The van der Waals surface area contributed by atoms with E-state index in [0.717, 1.165) is 30.7 Å². The molecule has 4 heteroatoms. The molecule has 1 aliphatic rings. The number of aliphatic hydroxyl groups is 1. The van der Waals surface area contributed by atoms with Crippen molar-refractivity contribution < 1.29 is 9.90 Å². The highest BCUT2D eigenvalue weighted by Gasteiger charge is 2.28. The van der Waals surface area contributed by atoms with Gasteiger partial charge in [-0.3, -0.25) is 4.79 Å². The van der Waals surface area contributed by atoms with E-state index in [0.29, 0.717) is 0 Å². The summed E-state index contributed by atoms with van der Waals surface area (Å²) in [5, 5.41) is 9.27. The van der Waals surface area contributed by atoms with E-state index in [1.54, 1.807) is 16.7 Å². The summed E-state index contributed by atoms with van der Waals surface area (Å²) in [5.74, 6) is 0.972. The van der Waals surface area contributed by atoms with E-state index in [4.69, 9.17) is 0 Å². The SMILES string of the molecule is CSCc1cccc(C(=O)N2CCCC2CO)c1. The fourth-order valence-corrected chi connectivity index (χ4v) is 2.93. The normalized spacial score (nSPS) is 19.2. The van der Waals surface area contributed by atoms with E-state index in [-0.39, 0.29) is 18.6 Å². The summed E-state index contributed by atoms with van der Waals surface area (Å²) in [6.07, 6.45) is 3.95. The summed E-state index contributed by atoms with van der Waals surface area (Å²) in [4.78, 5) is 14.2. The molecule has 3 nitrogen and oxygen atoms in total. The van der Waals surface area contributed by atoms with Crippen molar-refractivity contribution in [2.24, 2.45) is 0 Å². The number of aliphatic hydroxyl groups excluding tert-OH is 1. The lowest BCUT2D eigenvalue weighted by molar-refractivity contribution is 0.0677. The molecule has 0 spiro atoms. The van der Waals surface area contributed by atoms with Gasteiger partial charge in [0.2, 0.25) is 0 Å². The van der Waals surface area contributed by atoms with E-state index >= 15 is 0 Å². The first-order valence-corrected chi connectivity index (χ1v) is 7.65. The second-order valence-electron chi connectivity index (χ2n) is 4.61. The standard InChI is InChI=1S/C14H19NO2S/c1-18-10-11-4-2-5-12(8-11)14(17)15-7-3-6-13(15)9-16/h2,4-5,8,13,16H,3,6-7,9-10H2,1H3. The number of hydrogen-bond donors (Lipinski definition) is 1. The lowest BCUT2D eigenvalue weighted by atomic mass is 10.1. The monoisotopic (exact) mass is 265 g/mol. The Morgan fingerprint density at radius 2 is 2.39 bits per heavy atom. The van der Waals surface area contributed by atoms with Crippen LogP contribution in [0.15, 0.2) is 24.3 Å². The van der Waals surface area contributed by atoms with Crippen molar-refractivity contribution in [1.29, 1.82) is 0 Å². The van der Waals surface area contributed by atoms with Crippen molar-refractivity contribution in [3.8, 4) is 0 Å². The zero-order chi connectivity index (χ0) is 13.0. The third-order valence-corrected chi connectivity index (χ3v) is 3.96. The molecule has 1 unspecified atom stereocenters. The quantitative estimate of drug-likeness (QED) is 0.907. The lowest BCUT2D eigenvalue weighted by Gasteiger charge is -2.23. The number of amides is 1. The first-order chi connectivity index (χ1) is 8.76. The molecule has 1 amide bonds. The molecular formula is C14H19NO2S. The first-order valence-electron chi connectivity index (χ1n) is 6.26. The molecule has 0 radical (unpaired) electrons. The Balaban J connectivity index is 2.15. The molecule has 1 atom stereocenters. The summed E-state index contributed by atoms with van der Waals surface area (Å²) >= 11 is 1.75. The van der Waals surface area contributed by atoms with Crippen molar-refractivity contribution in [1.82, 2.24) is 4.90 Å². The minimum atomic E-state index is 0.00158. The van der Waals surface area contributed by atoms with Gasteiger partial charge in [-0.2, -0.15) is 11.8 Å². The van der Waals surface area contributed by atoms with E-state index < -0.39 is 0 Å². The summed E-state index contributed by atoms with van der Waals surface area (Å²) < 4.78 is 0. The van der Waals surface area contributed by atoms with Crippen LogP contribution in [0.25, 0.3) is 0 Å². The van der Waals surface area contributed by atoms with Gasteiger partial charge in [0.05, 0.1) is 12.6 Å². The molecule has 0 saturated carbocycles. The highest BCUT2D eigenvalue weighted by molar-refractivity contribution is 7.97. The van der Waals surface area contributed by atoms with Crippen molar-refractivity contribution >= 4 is 17.7 Å². The molecule has 1 saturated heterocycles. The molecule has 2 rings (SSSR count). The van der Waals surface area contributed by atoms with Gasteiger partial charge in [-0.05, 0) is 36.8 Å². The number of thioether (sulfide) groups is 1. The molecule has 1 fully saturated rings. The molecule has 18 heavy (non-hydrogen) atoms. The fraction of sp³-hybridized carbons (Fsp3) is 0.500. The van der Waals surface area contributed by atoms with Gasteiger partial charge in [0, 0.05) is 17.9 Å². The highest BCUT2D eigenvalue weighted by Crippen LogP contribution is 2.20. The molecular weight excluding hydrogens is 246 g/mol. The van der Waals surface area contributed by atoms with Crippen LogP contribution in [0.4, 0.5) is 0 Å². The van der Waals surface area contributed by atoms with E-state index in [1.807, 2.05) is 24.3 Å². The fourth-order valence-electron chi connectivity index (χ4n) is 2.42. The Morgan fingerprint density at radius 1 is 1.56 bits per heavy atom. The Morgan fingerprint density at radius 3 is 3.11 bits per heavy atom. The molecule has 1 N–H and O–H groups in total. The molecule has 98 valence electrons. The topological polar surface area (TPSA) is 40.5 Å². The number of likely N-dealkylation sites (tertiary alicyclic amines) is 1. The van der Waals surface area contributed by atoms with Gasteiger partial charge in [-0.1, -0.05) is 12.1 Å². The van der Waals surface area contributed by atoms with Gasteiger partial charge in [-0.25, -0.2) is 0 Å². The summed E-state index contributed by atoms with van der Waals surface area (Å²) in [5.41, 5.74) is 1.91. The first kappa shape index (κ1) is 13.4. The second kappa shape index (κ2) is 6.25. The molecule has 0 bridgehead atoms. The largest absolute Gasteiger partial charge is 0.394 e. The maximum Gasteiger partial charge on any atom is 0.254 e. The molecule has 1 aromatic carbocycles. The minimum absolute atomic E-state index is 0.00158. The molecule has 0 aliphatic carbocycles. The van der Waals surface area contributed by atoms with Crippen LogP contribution in [-0.4, -0.2) is 41.4 Å². The Hall–Kier alpha value is -1.00. The van der Waals surface area contributed by atoms with Crippen molar-refractivity contribution in [2.75, 3.05) is 19.4 Å². The van der Waals surface area contributed by atoms with Crippen LogP contribution in [0, 0.1) is 0 Å². The van der Waals surface area contributed by atoms with Crippen LogP contribution >= 0.6 is 11.8 Å². The zero-order valence-electron chi connectivity index (χ0n) is 10.6. The molecule has 0 aromatic heterocycles. The smallest absolute Gasteiger partial charge is 0.254 e. The number of rotatable bonds is 4. The Kier molecular flexibility index (Phi) is 4.66. The maximum atomic E-state index is 12.4. The molecule has 1 aliphatic heterocycles. The van der Waals surface area contributed by atoms with Gasteiger partial charge >= 0.3 is 0 Å². The van der Waals surface area contributed by atoms with Gasteiger partial charge in [0.25, 0.3) is 5.91 Å². The van der Waals surface area contributed by atoms with Crippen LogP contribution in [0.3, 0.4) is 0 Å². The third-order valence-electron chi connectivity index (χ3n) is 3.33. The van der Waals surface area contributed by atoms with Gasteiger partial charge < -0.3 is 10.0 Å². The van der Waals surface area contributed by atoms with Crippen LogP contribution in [-0.2, 0) is 5.75 Å². The van der Waals surface area contributed by atoms with Gasteiger partial charge in [-0.15, -0.1) is 0 Å². The van der Waals surface area contributed by atoms with E-state index in [9.17, 15) is 9.90 Å². The van der Waals surface area contributed by atoms with Crippen LogP contribution in [0.1, 0.15) is 28.8 Å². The van der Waals surface area contributed by atoms with Crippen molar-refractivity contribution in [3.63, 3.8) is 0 Å². The minimum Gasteiger partial charge on any atom is -0.394 e. The van der Waals surface area contributed by atoms with Crippen LogP contribution in [0.5, 0.6) is 0 Å². The average molecular weight is 265 g/mol. The zero-order valence-corrected chi connectivity index (χ0v) is 11.4. The molecule has 1 heterocycles. The van der Waals surface area contributed by atoms with Gasteiger partial charge in [0.15, 0.2) is 0 Å². The predicted molar refractivity (Wildman–Crippen MR) is 74.8 cm³/mol. The summed E-state index contributed by atoms with van der Waals surface area (Å²) in [7, 11) is 0. The number of hydrogen-bond acceptors (Lipinski definition) is 3. The number of benzene rings is 1. The highest BCUT2D eigenvalue weighted by atomic mass is 32.2. The third kappa shape index (κ3) is 2.87. The summed E-state index contributed by atoms with van der Waals surface area (Å²) in [6, 6.07) is 7.80. The molecule has 1 aromatic rings. The lowest BCUT2D eigenvalue weighted by Crippen LogP contribution is -2.37. The average Bonchev–Trinajstić information content (AvgIpc) is 2.87. The van der Waals surface area contributed by atoms with Crippen molar-refractivity contribution in [2.45, 2.75) is 24.6 Å². The second-order valence-corrected chi connectivity index (χ2v) is 5.48. The van der Waals surface area contributed by atoms with Crippen LogP contribution in [0.2, 0.25) is 0 Å². The number of carbonyl (C=O) groups is 1. The number of nitrogens with zero attached hydrogens (tertiary/aromatic N) is 1. The van der Waals surface area contributed by atoms with E-state index in [2.05, 4.69) is 6.26 Å². The Labute approximate surface area is 112 Å². The van der Waals surface area contributed by atoms with Crippen molar-refractivity contribution in [3.05, 3.63) is 35.4 Å².